The number of rotatable bonds is 41. The number of carbonyl (C=O) groups is 3. The lowest BCUT2D eigenvalue weighted by atomic mass is 10.00. The molecule has 0 fully saturated rings. The summed E-state index contributed by atoms with van der Waals surface area (Å²) >= 11 is 0. The smallest absolute Gasteiger partial charge is 0.306 e. The quantitative estimate of drug-likeness (QED) is 0.0350. The van der Waals surface area contributed by atoms with Crippen molar-refractivity contribution < 1.29 is 28.6 Å². The van der Waals surface area contributed by atoms with E-state index in [1.807, 2.05) is 0 Å². The third kappa shape index (κ3) is 40.1. The minimum absolute atomic E-state index is 0.0670. The van der Waals surface area contributed by atoms with Crippen molar-refractivity contribution in [3.63, 3.8) is 0 Å². The highest BCUT2D eigenvalue weighted by Gasteiger charge is 2.19. The van der Waals surface area contributed by atoms with Crippen LogP contribution in [0.4, 0.5) is 0 Å². The predicted molar refractivity (Wildman–Crippen MR) is 229 cm³/mol. The highest BCUT2D eigenvalue weighted by Crippen LogP contribution is 2.17. The standard InChI is InChI=1S/C48H92O6/c1-7-44(6)36-30-24-19-21-26-32-38-47(50)53-41-45(54-48(51)39-33-27-20-18-23-29-35-43(4)5)40-52-46(49)37-31-25-17-15-13-11-9-8-10-12-14-16-22-28-34-42(2)3/h42-45H,7-41H2,1-6H3/t44?,45-/m0/s1. The summed E-state index contributed by atoms with van der Waals surface area (Å²) in [5.41, 5.74) is 0. The van der Waals surface area contributed by atoms with E-state index in [1.165, 1.54) is 135 Å². The molecule has 0 amide bonds. The molecule has 0 aliphatic heterocycles. The van der Waals surface area contributed by atoms with E-state index in [0.717, 1.165) is 75.5 Å². The van der Waals surface area contributed by atoms with Gasteiger partial charge in [0.15, 0.2) is 6.10 Å². The lowest BCUT2D eigenvalue weighted by molar-refractivity contribution is -0.167. The zero-order chi connectivity index (χ0) is 39.9. The van der Waals surface area contributed by atoms with Gasteiger partial charge in [0.25, 0.3) is 0 Å². The Labute approximate surface area is 336 Å². The molecule has 0 aromatic carbocycles. The summed E-state index contributed by atoms with van der Waals surface area (Å²) in [5.74, 6) is 1.55. The fourth-order valence-electron chi connectivity index (χ4n) is 7.02. The fourth-order valence-corrected chi connectivity index (χ4v) is 7.02. The van der Waals surface area contributed by atoms with Gasteiger partial charge in [0.05, 0.1) is 0 Å². The van der Waals surface area contributed by atoms with Crippen LogP contribution in [0.15, 0.2) is 0 Å². The second-order valence-electron chi connectivity index (χ2n) is 17.6. The van der Waals surface area contributed by atoms with Crippen molar-refractivity contribution in [2.45, 2.75) is 260 Å². The van der Waals surface area contributed by atoms with Crippen molar-refractivity contribution in [3.8, 4) is 0 Å². The van der Waals surface area contributed by atoms with Crippen LogP contribution in [0.2, 0.25) is 0 Å². The number of ether oxygens (including phenoxy) is 3. The monoisotopic (exact) mass is 765 g/mol. The van der Waals surface area contributed by atoms with E-state index in [2.05, 4.69) is 41.5 Å². The molecule has 0 aliphatic carbocycles. The topological polar surface area (TPSA) is 78.9 Å². The SMILES string of the molecule is CCC(C)CCCCCCCCC(=O)OC[C@H](COC(=O)CCCCCCCCCCCCCCCCC(C)C)OC(=O)CCCCCCCCC(C)C. The van der Waals surface area contributed by atoms with Crippen molar-refractivity contribution in [3.05, 3.63) is 0 Å². The summed E-state index contributed by atoms with van der Waals surface area (Å²) in [6, 6.07) is 0. The highest BCUT2D eigenvalue weighted by molar-refractivity contribution is 5.71. The van der Waals surface area contributed by atoms with Gasteiger partial charge in [0, 0.05) is 19.3 Å². The molecule has 0 saturated heterocycles. The van der Waals surface area contributed by atoms with Gasteiger partial charge in [0.1, 0.15) is 13.2 Å². The molecule has 0 heterocycles. The average Bonchev–Trinajstić information content (AvgIpc) is 3.14. The summed E-state index contributed by atoms with van der Waals surface area (Å²) in [7, 11) is 0. The van der Waals surface area contributed by atoms with Gasteiger partial charge in [0.2, 0.25) is 0 Å². The molecule has 0 aromatic heterocycles. The van der Waals surface area contributed by atoms with Crippen molar-refractivity contribution >= 4 is 17.9 Å². The minimum atomic E-state index is -0.762. The van der Waals surface area contributed by atoms with Crippen molar-refractivity contribution in [2.24, 2.45) is 17.8 Å². The van der Waals surface area contributed by atoms with Crippen LogP contribution in [0.1, 0.15) is 253 Å². The third-order valence-corrected chi connectivity index (χ3v) is 11.0. The Morgan fingerprint density at radius 3 is 0.963 bits per heavy atom. The molecule has 0 bridgehead atoms. The molecule has 54 heavy (non-hydrogen) atoms. The van der Waals surface area contributed by atoms with Gasteiger partial charge in [-0.2, -0.15) is 0 Å². The minimum Gasteiger partial charge on any atom is -0.462 e. The maximum Gasteiger partial charge on any atom is 0.306 e. The Bertz CT molecular complexity index is 839. The number of unbranched alkanes of at least 4 members (excludes halogenated alkanes) is 23. The lowest BCUT2D eigenvalue weighted by Gasteiger charge is -2.18. The number of carbonyl (C=O) groups excluding carboxylic acids is 3. The van der Waals surface area contributed by atoms with Gasteiger partial charge in [-0.15, -0.1) is 0 Å². The Morgan fingerprint density at radius 2 is 0.648 bits per heavy atom. The molecule has 6 nitrogen and oxygen atoms in total. The van der Waals surface area contributed by atoms with Crippen molar-refractivity contribution in [2.75, 3.05) is 13.2 Å². The van der Waals surface area contributed by atoms with Crippen LogP contribution in [0.25, 0.3) is 0 Å². The van der Waals surface area contributed by atoms with E-state index in [4.69, 9.17) is 14.2 Å². The first-order chi connectivity index (χ1) is 26.1. The van der Waals surface area contributed by atoms with Gasteiger partial charge in [-0.05, 0) is 37.0 Å². The third-order valence-electron chi connectivity index (χ3n) is 11.0. The Morgan fingerprint density at radius 1 is 0.370 bits per heavy atom. The second-order valence-corrected chi connectivity index (χ2v) is 17.6. The van der Waals surface area contributed by atoms with E-state index in [-0.39, 0.29) is 31.1 Å². The van der Waals surface area contributed by atoms with Crippen LogP contribution >= 0.6 is 0 Å². The van der Waals surface area contributed by atoms with Crippen LogP contribution in [0.5, 0.6) is 0 Å². The zero-order valence-corrected chi connectivity index (χ0v) is 37.0. The van der Waals surface area contributed by atoms with Crippen LogP contribution < -0.4 is 0 Å². The van der Waals surface area contributed by atoms with Crippen LogP contribution in [-0.4, -0.2) is 37.2 Å². The maximum absolute atomic E-state index is 12.7. The average molecular weight is 765 g/mol. The second kappa shape index (κ2) is 39.6. The van der Waals surface area contributed by atoms with E-state index in [1.54, 1.807) is 0 Å². The number of hydrogen-bond acceptors (Lipinski definition) is 6. The zero-order valence-electron chi connectivity index (χ0n) is 37.0. The molecule has 0 aromatic rings. The molecule has 0 saturated carbocycles. The van der Waals surface area contributed by atoms with E-state index in [9.17, 15) is 14.4 Å². The highest BCUT2D eigenvalue weighted by atomic mass is 16.6. The lowest BCUT2D eigenvalue weighted by Crippen LogP contribution is -2.30. The first-order valence-corrected chi connectivity index (χ1v) is 23.6. The predicted octanol–water partition coefficient (Wildman–Crippen LogP) is 14.8. The Hall–Kier alpha value is -1.59. The largest absolute Gasteiger partial charge is 0.462 e. The van der Waals surface area contributed by atoms with Gasteiger partial charge < -0.3 is 14.2 Å². The molecule has 2 atom stereocenters. The molecule has 1 unspecified atom stereocenters. The molecular formula is C48H92O6. The molecule has 0 spiro atoms. The first-order valence-electron chi connectivity index (χ1n) is 23.6. The van der Waals surface area contributed by atoms with Crippen molar-refractivity contribution in [1.29, 1.82) is 0 Å². The molecule has 0 rings (SSSR count). The Balaban J connectivity index is 4.25. The van der Waals surface area contributed by atoms with E-state index < -0.39 is 6.10 Å². The summed E-state index contributed by atoms with van der Waals surface area (Å²) in [4.78, 5) is 37.7. The van der Waals surface area contributed by atoms with E-state index in [0.29, 0.717) is 19.3 Å². The molecule has 6 heteroatoms. The van der Waals surface area contributed by atoms with Gasteiger partial charge in [-0.25, -0.2) is 0 Å². The summed E-state index contributed by atoms with van der Waals surface area (Å²) < 4.78 is 16.7. The Kier molecular flexibility index (Phi) is 38.5. The van der Waals surface area contributed by atoms with Crippen LogP contribution in [0.3, 0.4) is 0 Å². The van der Waals surface area contributed by atoms with Gasteiger partial charge in [-0.3, -0.25) is 14.4 Å². The van der Waals surface area contributed by atoms with Gasteiger partial charge >= 0.3 is 17.9 Å². The molecule has 0 radical (unpaired) electrons. The fraction of sp³-hybridized carbons (Fsp3) is 0.938. The van der Waals surface area contributed by atoms with E-state index >= 15 is 0 Å². The van der Waals surface area contributed by atoms with Gasteiger partial charge in [-0.1, -0.05) is 215 Å². The molecule has 320 valence electrons. The summed E-state index contributed by atoms with van der Waals surface area (Å²) in [6.45, 7) is 13.6. The number of esters is 3. The number of hydrogen-bond donors (Lipinski definition) is 0. The molecule has 0 aliphatic rings. The first kappa shape index (κ1) is 52.4. The molecular weight excluding hydrogens is 673 g/mol. The van der Waals surface area contributed by atoms with Crippen LogP contribution in [-0.2, 0) is 28.6 Å². The summed E-state index contributed by atoms with van der Waals surface area (Å²) in [5, 5.41) is 0. The maximum atomic E-state index is 12.7. The van der Waals surface area contributed by atoms with Crippen LogP contribution in [0, 0.1) is 17.8 Å². The normalized spacial score (nSPS) is 12.7. The molecule has 0 N–H and O–H groups in total. The summed E-state index contributed by atoms with van der Waals surface area (Å²) in [6.07, 6.45) is 36.8. The van der Waals surface area contributed by atoms with Crippen molar-refractivity contribution in [1.82, 2.24) is 0 Å².